The van der Waals surface area contributed by atoms with Crippen molar-refractivity contribution >= 4 is 0 Å². The number of aromatic nitrogens is 4. The smallest absolute Gasteiger partial charge is 0.178 e. The van der Waals surface area contributed by atoms with E-state index in [0.717, 1.165) is 23.5 Å². The molecule has 2 aromatic rings. The van der Waals surface area contributed by atoms with Crippen LogP contribution in [0.2, 0.25) is 0 Å². The molecule has 0 aliphatic rings. The fourth-order valence-corrected chi connectivity index (χ4v) is 1.60. The fourth-order valence-electron chi connectivity index (χ4n) is 1.60. The number of hydrogen-bond acceptors (Lipinski definition) is 4. The zero-order chi connectivity index (χ0) is 11.5. The minimum atomic E-state index is 0.598. The molecule has 5 heteroatoms. The van der Waals surface area contributed by atoms with Crippen molar-refractivity contribution in [2.75, 3.05) is 6.54 Å². The molecule has 0 amide bonds. The third-order valence-electron chi connectivity index (χ3n) is 2.35. The lowest BCUT2D eigenvalue weighted by Gasteiger charge is -2.05. The van der Waals surface area contributed by atoms with Crippen LogP contribution in [0.5, 0.6) is 0 Å². The normalized spacial score (nSPS) is 10.7. The van der Waals surface area contributed by atoms with Gasteiger partial charge in [0, 0.05) is 24.9 Å². The van der Waals surface area contributed by atoms with E-state index < -0.39 is 0 Å². The van der Waals surface area contributed by atoms with E-state index >= 15 is 0 Å². The number of nitrogens with zero attached hydrogens (tertiary/aromatic N) is 4. The van der Waals surface area contributed by atoms with Gasteiger partial charge in [-0.1, -0.05) is 0 Å². The Morgan fingerprint density at radius 3 is 2.81 bits per heavy atom. The van der Waals surface area contributed by atoms with Gasteiger partial charge in [0.15, 0.2) is 5.82 Å². The molecule has 0 aromatic carbocycles. The summed E-state index contributed by atoms with van der Waals surface area (Å²) in [6.07, 6.45) is 4.28. The summed E-state index contributed by atoms with van der Waals surface area (Å²) in [7, 11) is 1.93. The highest BCUT2D eigenvalue weighted by molar-refractivity contribution is 5.48. The van der Waals surface area contributed by atoms with Gasteiger partial charge < -0.3 is 10.3 Å². The molecule has 0 saturated carbocycles. The molecule has 0 saturated heterocycles. The van der Waals surface area contributed by atoms with Crippen molar-refractivity contribution in [1.29, 1.82) is 0 Å². The Morgan fingerprint density at radius 1 is 1.38 bits per heavy atom. The molecule has 5 nitrogen and oxygen atoms in total. The minimum Gasteiger partial charge on any atom is -0.331 e. The van der Waals surface area contributed by atoms with Crippen LogP contribution in [0.3, 0.4) is 0 Å². The first kappa shape index (κ1) is 10.8. The molecule has 2 heterocycles. The Kier molecular flexibility index (Phi) is 2.96. The predicted molar refractivity (Wildman–Crippen MR) is 61.7 cm³/mol. The largest absolute Gasteiger partial charge is 0.331 e. The Labute approximate surface area is 94.4 Å². The average Bonchev–Trinajstić information content (AvgIpc) is 2.64. The molecule has 0 atom stereocenters. The van der Waals surface area contributed by atoms with Crippen LogP contribution in [-0.4, -0.2) is 26.1 Å². The van der Waals surface area contributed by atoms with Crippen molar-refractivity contribution in [2.45, 2.75) is 13.3 Å². The highest BCUT2D eigenvalue weighted by atomic mass is 15.1. The standard InChI is InChI=1S/C11H15N5/c1-8-5-9(3-4-12)15-11(14-8)10-6-13-7-16(10)2/h5-7H,3-4,12H2,1-2H3. The minimum absolute atomic E-state index is 0.598. The van der Waals surface area contributed by atoms with E-state index in [0.29, 0.717) is 12.4 Å². The maximum absolute atomic E-state index is 5.53. The number of rotatable bonds is 3. The fraction of sp³-hybridized carbons (Fsp3) is 0.364. The van der Waals surface area contributed by atoms with Gasteiger partial charge in [0.25, 0.3) is 0 Å². The van der Waals surface area contributed by atoms with Gasteiger partial charge in [-0.2, -0.15) is 0 Å². The van der Waals surface area contributed by atoms with E-state index in [1.807, 2.05) is 24.6 Å². The third-order valence-corrected chi connectivity index (χ3v) is 2.35. The van der Waals surface area contributed by atoms with Gasteiger partial charge in [-0.25, -0.2) is 15.0 Å². The molecule has 84 valence electrons. The summed E-state index contributed by atoms with van der Waals surface area (Å²) in [5.74, 6) is 0.712. The maximum Gasteiger partial charge on any atom is 0.178 e. The van der Waals surface area contributed by atoms with Crippen LogP contribution in [0.1, 0.15) is 11.4 Å². The number of aryl methyl sites for hydroxylation is 2. The molecule has 0 aliphatic heterocycles. The SMILES string of the molecule is Cc1cc(CCN)nc(-c2cncn2C)n1. The van der Waals surface area contributed by atoms with Crippen molar-refractivity contribution < 1.29 is 0 Å². The van der Waals surface area contributed by atoms with E-state index in [2.05, 4.69) is 15.0 Å². The summed E-state index contributed by atoms with van der Waals surface area (Å²) >= 11 is 0. The highest BCUT2D eigenvalue weighted by Gasteiger charge is 2.07. The second-order valence-electron chi connectivity index (χ2n) is 3.75. The molecule has 2 aromatic heterocycles. The predicted octanol–water partition coefficient (Wildman–Crippen LogP) is 0.687. The Bertz CT molecular complexity index is 489. The third kappa shape index (κ3) is 2.09. The maximum atomic E-state index is 5.53. The Morgan fingerprint density at radius 2 is 2.19 bits per heavy atom. The van der Waals surface area contributed by atoms with Crippen molar-refractivity contribution in [2.24, 2.45) is 12.8 Å². The first-order valence-electron chi connectivity index (χ1n) is 5.22. The Balaban J connectivity index is 2.45. The van der Waals surface area contributed by atoms with Crippen LogP contribution in [-0.2, 0) is 13.5 Å². The molecular formula is C11H15N5. The van der Waals surface area contributed by atoms with Gasteiger partial charge in [0.05, 0.1) is 12.5 Å². The summed E-state index contributed by atoms with van der Waals surface area (Å²) in [6, 6.07) is 1.97. The zero-order valence-electron chi connectivity index (χ0n) is 9.51. The van der Waals surface area contributed by atoms with Crippen molar-refractivity contribution in [3.63, 3.8) is 0 Å². The number of nitrogens with two attached hydrogens (primary N) is 1. The summed E-state index contributed by atoms with van der Waals surface area (Å²) < 4.78 is 1.90. The second kappa shape index (κ2) is 4.40. The molecule has 0 spiro atoms. The monoisotopic (exact) mass is 217 g/mol. The van der Waals surface area contributed by atoms with E-state index in [1.165, 1.54) is 0 Å². The van der Waals surface area contributed by atoms with Gasteiger partial charge in [0.1, 0.15) is 5.69 Å². The molecule has 2 N–H and O–H groups in total. The number of hydrogen-bond donors (Lipinski definition) is 1. The lowest BCUT2D eigenvalue weighted by molar-refractivity contribution is 0.877. The van der Waals surface area contributed by atoms with Crippen LogP contribution in [0.25, 0.3) is 11.5 Å². The van der Waals surface area contributed by atoms with Crippen LogP contribution < -0.4 is 5.73 Å². The molecule has 0 bridgehead atoms. The van der Waals surface area contributed by atoms with Gasteiger partial charge >= 0.3 is 0 Å². The summed E-state index contributed by atoms with van der Waals surface area (Å²) in [5, 5.41) is 0. The lowest BCUT2D eigenvalue weighted by Crippen LogP contribution is -2.07. The molecule has 0 aliphatic carbocycles. The zero-order valence-corrected chi connectivity index (χ0v) is 9.51. The van der Waals surface area contributed by atoms with Crippen LogP contribution in [0.4, 0.5) is 0 Å². The van der Waals surface area contributed by atoms with Crippen molar-refractivity contribution in [3.05, 3.63) is 30.0 Å². The van der Waals surface area contributed by atoms with Gasteiger partial charge in [0.2, 0.25) is 0 Å². The topological polar surface area (TPSA) is 69.6 Å². The summed E-state index contributed by atoms with van der Waals surface area (Å²) in [5.41, 5.74) is 8.38. The van der Waals surface area contributed by atoms with E-state index in [-0.39, 0.29) is 0 Å². The van der Waals surface area contributed by atoms with Crippen molar-refractivity contribution in [3.8, 4) is 11.5 Å². The van der Waals surface area contributed by atoms with E-state index in [9.17, 15) is 0 Å². The first-order chi connectivity index (χ1) is 7.70. The van der Waals surface area contributed by atoms with Crippen LogP contribution >= 0.6 is 0 Å². The molecule has 0 fully saturated rings. The second-order valence-corrected chi connectivity index (χ2v) is 3.75. The average molecular weight is 217 g/mol. The summed E-state index contributed by atoms with van der Waals surface area (Å²) in [6.45, 7) is 2.56. The summed E-state index contributed by atoms with van der Waals surface area (Å²) in [4.78, 5) is 12.9. The van der Waals surface area contributed by atoms with Crippen LogP contribution in [0.15, 0.2) is 18.6 Å². The number of imidazole rings is 1. The van der Waals surface area contributed by atoms with Gasteiger partial charge in [-0.05, 0) is 19.5 Å². The quantitative estimate of drug-likeness (QED) is 0.821. The lowest BCUT2D eigenvalue weighted by atomic mass is 10.2. The Hall–Kier alpha value is -1.75. The highest BCUT2D eigenvalue weighted by Crippen LogP contribution is 2.14. The van der Waals surface area contributed by atoms with Crippen molar-refractivity contribution in [1.82, 2.24) is 19.5 Å². The van der Waals surface area contributed by atoms with Gasteiger partial charge in [-0.15, -0.1) is 0 Å². The van der Waals surface area contributed by atoms with Gasteiger partial charge in [-0.3, -0.25) is 0 Å². The van der Waals surface area contributed by atoms with E-state index in [4.69, 9.17) is 5.73 Å². The van der Waals surface area contributed by atoms with E-state index in [1.54, 1.807) is 12.5 Å². The molecular weight excluding hydrogens is 202 g/mol. The first-order valence-corrected chi connectivity index (χ1v) is 5.22. The molecule has 0 unspecified atom stereocenters. The van der Waals surface area contributed by atoms with Crippen LogP contribution in [0, 0.1) is 6.92 Å². The molecule has 0 radical (unpaired) electrons. The molecule has 2 rings (SSSR count). The molecule has 16 heavy (non-hydrogen) atoms.